The van der Waals surface area contributed by atoms with Crippen molar-refractivity contribution >= 4 is 34.9 Å². The lowest BCUT2D eigenvalue weighted by Crippen LogP contribution is -2.14. The Bertz CT molecular complexity index is 704. The number of anilines is 2. The van der Waals surface area contributed by atoms with E-state index in [4.69, 9.17) is 17.3 Å². The molecule has 7 heteroatoms. The third kappa shape index (κ3) is 3.49. The van der Waals surface area contributed by atoms with Gasteiger partial charge in [0, 0.05) is 5.69 Å². The average Bonchev–Trinajstić information content (AvgIpc) is 2.49. The molecule has 0 bridgehead atoms. The third-order valence-corrected chi connectivity index (χ3v) is 2.95. The Kier molecular flexibility index (Phi) is 4.39. The van der Waals surface area contributed by atoms with Crippen LogP contribution in [0.25, 0.3) is 0 Å². The first-order valence-corrected chi connectivity index (χ1v) is 6.30. The Morgan fingerprint density at radius 1 is 1.33 bits per heavy atom. The number of nitrogens with one attached hydrogen (secondary N) is 1. The lowest BCUT2D eigenvalue weighted by atomic mass is 10.2. The van der Waals surface area contributed by atoms with Crippen LogP contribution in [-0.4, -0.2) is 24.0 Å². The second-order valence-electron chi connectivity index (χ2n) is 4.13. The van der Waals surface area contributed by atoms with Crippen molar-refractivity contribution in [3.05, 3.63) is 52.8 Å². The smallest absolute Gasteiger partial charge is 0.337 e. The largest absolute Gasteiger partial charge is 0.465 e. The van der Waals surface area contributed by atoms with Crippen LogP contribution < -0.4 is 11.1 Å². The zero-order valence-electron chi connectivity index (χ0n) is 11.1. The number of benzene rings is 1. The van der Waals surface area contributed by atoms with Crippen LogP contribution >= 0.6 is 11.6 Å². The number of hydrogen-bond acceptors (Lipinski definition) is 5. The van der Waals surface area contributed by atoms with Gasteiger partial charge in [-0.1, -0.05) is 17.7 Å². The maximum atomic E-state index is 12.1. The number of nitrogens with zero attached hydrogens (tertiary/aromatic N) is 1. The van der Waals surface area contributed by atoms with Crippen molar-refractivity contribution in [2.75, 3.05) is 18.2 Å². The maximum absolute atomic E-state index is 12.1. The fourth-order valence-corrected chi connectivity index (χ4v) is 1.85. The van der Waals surface area contributed by atoms with Crippen LogP contribution in [0.2, 0.25) is 5.15 Å². The van der Waals surface area contributed by atoms with Crippen molar-refractivity contribution < 1.29 is 14.3 Å². The number of pyridine rings is 1. The Morgan fingerprint density at radius 3 is 2.81 bits per heavy atom. The first kappa shape index (κ1) is 14.8. The van der Waals surface area contributed by atoms with Gasteiger partial charge >= 0.3 is 5.97 Å². The fraction of sp³-hybridized carbons (Fsp3) is 0.0714. The summed E-state index contributed by atoms with van der Waals surface area (Å²) in [5.74, 6) is -0.962. The highest BCUT2D eigenvalue weighted by Gasteiger charge is 2.13. The number of halogens is 1. The molecule has 6 nitrogen and oxygen atoms in total. The van der Waals surface area contributed by atoms with Gasteiger partial charge in [-0.3, -0.25) is 4.79 Å². The summed E-state index contributed by atoms with van der Waals surface area (Å²) in [7, 11) is 1.28. The number of aromatic nitrogens is 1. The van der Waals surface area contributed by atoms with Gasteiger partial charge in [0.2, 0.25) is 0 Å². The van der Waals surface area contributed by atoms with Gasteiger partial charge in [0.25, 0.3) is 5.91 Å². The summed E-state index contributed by atoms with van der Waals surface area (Å²) >= 11 is 5.86. The molecule has 1 heterocycles. The molecule has 0 radical (unpaired) electrons. The Labute approximate surface area is 125 Å². The van der Waals surface area contributed by atoms with Crippen molar-refractivity contribution in [2.45, 2.75) is 0 Å². The molecule has 0 saturated carbocycles. The molecule has 0 aliphatic heterocycles. The summed E-state index contributed by atoms with van der Waals surface area (Å²) < 4.78 is 4.62. The summed E-state index contributed by atoms with van der Waals surface area (Å²) in [6.07, 6.45) is 1.36. The van der Waals surface area contributed by atoms with Crippen LogP contribution in [0, 0.1) is 0 Å². The quantitative estimate of drug-likeness (QED) is 0.670. The van der Waals surface area contributed by atoms with Gasteiger partial charge in [-0.05, 0) is 24.3 Å². The molecule has 1 amide bonds. The summed E-state index contributed by atoms with van der Waals surface area (Å²) in [6.45, 7) is 0. The number of hydrogen-bond donors (Lipinski definition) is 2. The van der Waals surface area contributed by atoms with Gasteiger partial charge in [0.15, 0.2) is 0 Å². The van der Waals surface area contributed by atoms with Gasteiger partial charge in [-0.15, -0.1) is 0 Å². The van der Waals surface area contributed by atoms with Crippen LogP contribution in [0.1, 0.15) is 20.7 Å². The van der Waals surface area contributed by atoms with Crippen molar-refractivity contribution in [3.63, 3.8) is 0 Å². The molecular weight excluding hydrogens is 294 g/mol. The lowest BCUT2D eigenvalue weighted by Gasteiger charge is -2.08. The number of carbonyl (C=O) groups excluding carboxylic acids is 2. The predicted octanol–water partition coefficient (Wildman–Crippen LogP) is 2.36. The van der Waals surface area contributed by atoms with Crippen molar-refractivity contribution in [1.29, 1.82) is 0 Å². The second-order valence-corrected chi connectivity index (χ2v) is 4.49. The number of esters is 1. The van der Waals surface area contributed by atoms with E-state index in [0.717, 1.165) is 0 Å². The standard InChI is InChI=1S/C14H12ClN3O3/c1-21-14(20)8-3-2-4-10(5-8)18-13(19)11-6-9(16)7-17-12(11)15/h2-7H,16H2,1H3,(H,18,19). The lowest BCUT2D eigenvalue weighted by molar-refractivity contribution is 0.0600. The molecule has 0 fully saturated rings. The minimum absolute atomic E-state index is 0.0471. The number of nitrogens with two attached hydrogens (primary N) is 1. The van der Waals surface area contributed by atoms with E-state index in [0.29, 0.717) is 16.9 Å². The summed E-state index contributed by atoms with van der Waals surface area (Å²) in [4.78, 5) is 27.4. The second kappa shape index (κ2) is 6.23. The average molecular weight is 306 g/mol. The number of ether oxygens (including phenoxy) is 1. The van der Waals surface area contributed by atoms with Crippen molar-refractivity contribution in [2.24, 2.45) is 0 Å². The van der Waals surface area contributed by atoms with Gasteiger partial charge in [-0.2, -0.15) is 0 Å². The third-order valence-electron chi connectivity index (χ3n) is 2.65. The normalized spacial score (nSPS) is 10.0. The molecule has 0 spiro atoms. The monoisotopic (exact) mass is 305 g/mol. The summed E-state index contributed by atoms with van der Waals surface area (Å²) in [5, 5.41) is 2.67. The molecule has 108 valence electrons. The maximum Gasteiger partial charge on any atom is 0.337 e. The molecule has 2 aromatic rings. The van der Waals surface area contributed by atoms with E-state index in [1.807, 2.05) is 0 Å². The Balaban J connectivity index is 2.23. The molecule has 0 aliphatic carbocycles. The van der Waals surface area contributed by atoms with Crippen LogP contribution in [0.3, 0.4) is 0 Å². The number of rotatable bonds is 3. The highest BCUT2D eigenvalue weighted by Crippen LogP contribution is 2.18. The van der Waals surface area contributed by atoms with Crippen LogP contribution in [0.4, 0.5) is 11.4 Å². The van der Waals surface area contributed by atoms with E-state index < -0.39 is 11.9 Å². The first-order valence-electron chi connectivity index (χ1n) is 5.92. The molecule has 1 aromatic heterocycles. The minimum atomic E-state index is -0.491. The van der Waals surface area contributed by atoms with E-state index in [-0.39, 0.29) is 10.7 Å². The topological polar surface area (TPSA) is 94.3 Å². The molecule has 3 N–H and O–H groups in total. The summed E-state index contributed by atoms with van der Waals surface area (Å²) in [6, 6.07) is 7.77. The van der Waals surface area contributed by atoms with Crippen LogP contribution in [0.15, 0.2) is 36.5 Å². The molecular formula is C14H12ClN3O3. The minimum Gasteiger partial charge on any atom is -0.465 e. The first-order chi connectivity index (χ1) is 10.0. The van der Waals surface area contributed by atoms with Crippen molar-refractivity contribution in [3.8, 4) is 0 Å². The Morgan fingerprint density at radius 2 is 2.10 bits per heavy atom. The molecule has 0 saturated heterocycles. The molecule has 0 unspecified atom stereocenters. The van der Waals surface area contributed by atoms with E-state index in [2.05, 4.69) is 15.0 Å². The molecule has 0 atom stereocenters. The zero-order chi connectivity index (χ0) is 15.4. The summed E-state index contributed by atoms with van der Waals surface area (Å²) in [5.41, 5.74) is 6.82. The van der Waals surface area contributed by atoms with E-state index in [1.54, 1.807) is 18.2 Å². The number of amides is 1. The van der Waals surface area contributed by atoms with Gasteiger partial charge in [-0.25, -0.2) is 9.78 Å². The highest BCUT2D eigenvalue weighted by atomic mass is 35.5. The van der Waals surface area contributed by atoms with Crippen molar-refractivity contribution in [1.82, 2.24) is 4.98 Å². The molecule has 2 rings (SSSR count). The molecule has 0 aliphatic rings. The highest BCUT2D eigenvalue weighted by molar-refractivity contribution is 6.33. The van der Waals surface area contributed by atoms with Gasteiger partial charge in [0.05, 0.1) is 30.1 Å². The predicted molar refractivity (Wildman–Crippen MR) is 79.4 cm³/mol. The van der Waals surface area contributed by atoms with Gasteiger partial charge in [0.1, 0.15) is 5.15 Å². The number of carbonyl (C=O) groups is 2. The molecule has 21 heavy (non-hydrogen) atoms. The molecule has 1 aromatic carbocycles. The van der Waals surface area contributed by atoms with E-state index >= 15 is 0 Å². The number of methoxy groups -OCH3 is 1. The SMILES string of the molecule is COC(=O)c1cccc(NC(=O)c2cc(N)cnc2Cl)c1. The van der Waals surface area contributed by atoms with Crippen LogP contribution in [-0.2, 0) is 4.74 Å². The van der Waals surface area contributed by atoms with E-state index in [9.17, 15) is 9.59 Å². The van der Waals surface area contributed by atoms with E-state index in [1.165, 1.54) is 25.4 Å². The fourth-order valence-electron chi connectivity index (χ4n) is 1.66. The number of nitrogen functional groups attached to an aromatic ring is 1. The zero-order valence-corrected chi connectivity index (χ0v) is 11.8. The van der Waals surface area contributed by atoms with Gasteiger partial charge < -0.3 is 15.8 Å². The Hall–Kier alpha value is -2.60. The van der Waals surface area contributed by atoms with Crippen LogP contribution in [0.5, 0.6) is 0 Å².